The van der Waals surface area contributed by atoms with Crippen molar-refractivity contribution in [2.24, 2.45) is 5.73 Å². The van der Waals surface area contributed by atoms with Crippen LogP contribution in [0.2, 0.25) is 0 Å². The van der Waals surface area contributed by atoms with E-state index in [1.165, 1.54) is 4.57 Å². The lowest BCUT2D eigenvalue weighted by Gasteiger charge is -2.15. The van der Waals surface area contributed by atoms with Crippen LogP contribution in [0.4, 0.5) is 0 Å². The number of nitrogens with two attached hydrogens (primary N) is 1. The Bertz CT molecular complexity index is 1060. The number of amidine groups is 1. The number of nitrogens with one attached hydrogen (secondary N) is 1. The van der Waals surface area contributed by atoms with E-state index in [2.05, 4.69) is 4.98 Å². The number of hydrogen-bond acceptors (Lipinski definition) is 5. The summed E-state index contributed by atoms with van der Waals surface area (Å²) in [6, 6.07) is 20.6. The van der Waals surface area contributed by atoms with Crippen molar-refractivity contribution in [3.8, 4) is 28.7 Å². The van der Waals surface area contributed by atoms with E-state index in [0.717, 1.165) is 17.3 Å². The van der Waals surface area contributed by atoms with Gasteiger partial charge in [0, 0.05) is 23.4 Å². The number of halogens is 1. The molecule has 0 spiro atoms. The van der Waals surface area contributed by atoms with Gasteiger partial charge in [-0.25, -0.2) is 4.98 Å². The van der Waals surface area contributed by atoms with Gasteiger partial charge >= 0.3 is 0 Å². The molecule has 142 valence electrons. The molecular weight excluding hydrogens is 394 g/mol. The minimum absolute atomic E-state index is 0. The maximum atomic E-state index is 13.1. The van der Waals surface area contributed by atoms with Crippen molar-refractivity contribution in [3.05, 3.63) is 76.6 Å². The summed E-state index contributed by atoms with van der Waals surface area (Å²) in [4.78, 5) is 17.8. The maximum absolute atomic E-state index is 13.1. The van der Waals surface area contributed by atoms with E-state index in [0.29, 0.717) is 29.4 Å². The second-order valence-corrected chi connectivity index (χ2v) is 6.81. The van der Waals surface area contributed by atoms with Crippen LogP contribution in [0.3, 0.4) is 0 Å². The molecule has 0 amide bonds. The molecule has 3 rings (SSSR count). The molecule has 0 atom stereocenters. The number of nitriles is 1. The predicted molar refractivity (Wildman–Crippen MR) is 116 cm³/mol. The monoisotopic (exact) mass is 411 g/mol. The van der Waals surface area contributed by atoms with Crippen LogP contribution in [0.15, 0.2) is 65.5 Å². The number of aromatic nitrogens is 2. The van der Waals surface area contributed by atoms with Gasteiger partial charge in [-0.3, -0.25) is 14.8 Å². The minimum atomic E-state index is -0.394. The Labute approximate surface area is 173 Å². The average Bonchev–Trinajstić information content (AvgIpc) is 2.70. The zero-order chi connectivity index (χ0) is 19.2. The lowest BCUT2D eigenvalue weighted by Crippen LogP contribution is -2.28. The predicted octanol–water partition coefficient (Wildman–Crippen LogP) is 3.50. The summed E-state index contributed by atoms with van der Waals surface area (Å²) in [5.41, 5.74) is 6.88. The second kappa shape index (κ2) is 9.74. The molecule has 0 saturated heterocycles. The molecule has 8 heteroatoms. The van der Waals surface area contributed by atoms with E-state index >= 15 is 0 Å². The van der Waals surface area contributed by atoms with Crippen LogP contribution < -0.4 is 11.3 Å². The molecule has 6 nitrogen and oxygen atoms in total. The van der Waals surface area contributed by atoms with E-state index < -0.39 is 5.56 Å². The first-order valence-electron chi connectivity index (χ1n) is 8.24. The van der Waals surface area contributed by atoms with Crippen molar-refractivity contribution in [2.45, 2.75) is 6.54 Å². The van der Waals surface area contributed by atoms with Crippen LogP contribution in [0.5, 0.6) is 0 Å². The Balaban J connectivity index is 0.00000280. The third-order valence-corrected chi connectivity index (χ3v) is 4.63. The van der Waals surface area contributed by atoms with Gasteiger partial charge in [-0.15, -0.1) is 12.4 Å². The summed E-state index contributed by atoms with van der Waals surface area (Å²) < 4.78 is 1.48. The molecule has 0 aliphatic heterocycles. The molecule has 28 heavy (non-hydrogen) atoms. The average molecular weight is 412 g/mol. The molecule has 1 aromatic heterocycles. The summed E-state index contributed by atoms with van der Waals surface area (Å²) in [6.45, 7) is 0.296. The maximum Gasteiger partial charge on any atom is 0.272 e. The highest BCUT2D eigenvalue weighted by atomic mass is 35.5. The van der Waals surface area contributed by atoms with Gasteiger partial charge in [0.2, 0.25) is 0 Å². The van der Waals surface area contributed by atoms with Gasteiger partial charge in [-0.2, -0.15) is 5.26 Å². The van der Waals surface area contributed by atoms with E-state index in [1.807, 2.05) is 66.7 Å². The van der Waals surface area contributed by atoms with Gasteiger partial charge in [0.1, 0.15) is 17.5 Å². The first-order valence-corrected chi connectivity index (χ1v) is 9.23. The normalized spacial score (nSPS) is 9.96. The highest BCUT2D eigenvalue weighted by Gasteiger charge is 2.18. The van der Waals surface area contributed by atoms with Crippen molar-refractivity contribution >= 4 is 29.3 Å². The Morgan fingerprint density at radius 1 is 1.11 bits per heavy atom. The SMILES string of the molecule is Cl.N#Cc1c(-c2ccccc2)nc(-c2ccccc2)n(CCSC(=N)N)c1=O. The first-order chi connectivity index (χ1) is 13.1. The van der Waals surface area contributed by atoms with E-state index in [-0.39, 0.29) is 23.1 Å². The molecule has 2 aromatic carbocycles. The van der Waals surface area contributed by atoms with Crippen LogP contribution >= 0.6 is 24.2 Å². The molecule has 1 heterocycles. The fraction of sp³-hybridized carbons (Fsp3) is 0.100. The number of benzene rings is 2. The van der Waals surface area contributed by atoms with Crippen molar-refractivity contribution in [2.75, 3.05) is 5.75 Å². The Morgan fingerprint density at radius 3 is 2.21 bits per heavy atom. The smallest absolute Gasteiger partial charge is 0.272 e. The van der Waals surface area contributed by atoms with Gasteiger partial charge in [-0.05, 0) is 0 Å². The summed E-state index contributed by atoms with van der Waals surface area (Å²) >= 11 is 1.14. The first kappa shape index (κ1) is 21.2. The zero-order valence-corrected chi connectivity index (χ0v) is 16.5. The van der Waals surface area contributed by atoms with E-state index in [1.54, 1.807) is 0 Å². The molecule has 0 radical (unpaired) electrons. The third kappa shape index (κ3) is 4.60. The summed E-state index contributed by atoms with van der Waals surface area (Å²) in [6.07, 6.45) is 0. The summed E-state index contributed by atoms with van der Waals surface area (Å²) in [7, 11) is 0. The number of thioether (sulfide) groups is 1. The zero-order valence-electron chi connectivity index (χ0n) is 14.8. The molecule has 3 aromatic rings. The highest BCUT2D eigenvalue weighted by Crippen LogP contribution is 2.24. The van der Waals surface area contributed by atoms with Crippen molar-refractivity contribution in [1.29, 1.82) is 10.7 Å². The minimum Gasteiger partial charge on any atom is -0.379 e. The van der Waals surface area contributed by atoms with E-state index in [4.69, 9.17) is 11.1 Å². The second-order valence-electron chi connectivity index (χ2n) is 5.67. The molecule has 0 aliphatic carbocycles. The van der Waals surface area contributed by atoms with Gasteiger partial charge in [0.05, 0.1) is 5.69 Å². The van der Waals surface area contributed by atoms with Crippen molar-refractivity contribution < 1.29 is 0 Å². The summed E-state index contributed by atoms with van der Waals surface area (Å²) in [5, 5.41) is 16.9. The molecule has 0 aliphatic rings. The molecule has 0 unspecified atom stereocenters. The molecule has 0 fully saturated rings. The Hall–Kier alpha value is -3.08. The number of hydrogen-bond donors (Lipinski definition) is 2. The van der Waals surface area contributed by atoms with E-state index in [9.17, 15) is 10.1 Å². The van der Waals surface area contributed by atoms with Crippen molar-refractivity contribution in [3.63, 3.8) is 0 Å². The fourth-order valence-electron chi connectivity index (χ4n) is 2.72. The Morgan fingerprint density at radius 2 is 1.68 bits per heavy atom. The third-order valence-electron chi connectivity index (χ3n) is 3.93. The van der Waals surface area contributed by atoms with Crippen molar-refractivity contribution in [1.82, 2.24) is 9.55 Å². The Kier molecular flexibility index (Phi) is 7.38. The van der Waals surface area contributed by atoms with Gasteiger partial charge < -0.3 is 5.73 Å². The van der Waals surface area contributed by atoms with Crippen LogP contribution in [0.1, 0.15) is 5.56 Å². The quantitative estimate of drug-likeness (QED) is 0.493. The van der Waals surface area contributed by atoms with Crippen LogP contribution in [-0.2, 0) is 6.54 Å². The molecular formula is C20H18ClN5OS. The van der Waals surface area contributed by atoms with Gasteiger partial charge in [-0.1, -0.05) is 72.4 Å². The van der Waals surface area contributed by atoms with Crippen LogP contribution in [-0.4, -0.2) is 20.5 Å². The number of rotatable bonds is 5. The number of nitrogens with zero attached hydrogens (tertiary/aromatic N) is 3. The standard InChI is InChI=1S/C20H17N5OS.ClH/c21-13-16-17(14-7-3-1-4-8-14)24-18(15-9-5-2-6-10-15)25(19(16)26)11-12-27-20(22)23;/h1-10H,11-12H2,(H3,22,23);1H. The van der Waals surface area contributed by atoms with Crippen LogP contribution in [0.25, 0.3) is 22.6 Å². The topological polar surface area (TPSA) is 109 Å². The molecule has 0 saturated carbocycles. The lowest BCUT2D eigenvalue weighted by molar-refractivity contribution is 0.724. The lowest BCUT2D eigenvalue weighted by atomic mass is 10.1. The van der Waals surface area contributed by atoms with Gasteiger partial charge in [0.15, 0.2) is 5.17 Å². The molecule has 0 bridgehead atoms. The van der Waals surface area contributed by atoms with Crippen LogP contribution in [0, 0.1) is 16.7 Å². The fourth-order valence-corrected chi connectivity index (χ4v) is 3.22. The highest BCUT2D eigenvalue weighted by molar-refractivity contribution is 8.13. The van der Waals surface area contributed by atoms with Gasteiger partial charge in [0.25, 0.3) is 5.56 Å². The molecule has 3 N–H and O–H groups in total. The summed E-state index contributed by atoms with van der Waals surface area (Å²) in [5.74, 6) is 0.925. The largest absolute Gasteiger partial charge is 0.379 e.